The number of nitrogens with one attached hydrogen (secondary N) is 2. The molecule has 0 heterocycles. The Bertz CT molecular complexity index is 900. The monoisotopic (exact) mass is 379 g/mol. The van der Waals surface area contributed by atoms with Gasteiger partial charge in [0.1, 0.15) is 6.04 Å². The molecule has 0 aromatic heterocycles. The van der Waals surface area contributed by atoms with Crippen LogP contribution in [0, 0.1) is 6.92 Å². The molecular formula is C22H22ClN3O. The first-order valence-corrected chi connectivity index (χ1v) is 9.09. The van der Waals surface area contributed by atoms with E-state index in [4.69, 9.17) is 11.6 Å². The van der Waals surface area contributed by atoms with Crippen LogP contribution in [-0.2, 0) is 4.79 Å². The summed E-state index contributed by atoms with van der Waals surface area (Å²) < 4.78 is 0. The van der Waals surface area contributed by atoms with Gasteiger partial charge in [-0.1, -0.05) is 66.2 Å². The Morgan fingerprint density at radius 1 is 0.963 bits per heavy atom. The Morgan fingerprint density at radius 3 is 2.22 bits per heavy atom. The van der Waals surface area contributed by atoms with E-state index < -0.39 is 6.04 Å². The molecule has 0 aliphatic carbocycles. The van der Waals surface area contributed by atoms with Crippen molar-refractivity contribution in [1.82, 2.24) is 5.43 Å². The Balaban J connectivity index is 1.83. The molecule has 0 saturated carbocycles. The van der Waals surface area contributed by atoms with E-state index in [1.807, 2.05) is 91.8 Å². The Morgan fingerprint density at radius 2 is 1.59 bits per heavy atom. The molecule has 0 unspecified atom stereocenters. The molecule has 138 valence electrons. The van der Waals surface area contributed by atoms with E-state index in [0.29, 0.717) is 10.7 Å². The van der Waals surface area contributed by atoms with E-state index in [1.54, 1.807) is 6.07 Å². The second-order valence-electron chi connectivity index (χ2n) is 6.32. The standard InChI is InChI=1S/C22H22ClN3O/c1-16-13-14-18(15-20(16)23)24-22(27)21(17-9-5-3-6-10-17)25-26(2)19-11-7-4-8-12-19/h3-15,21,25H,1-2H3,(H,24,27)/t21-/m0/s1. The van der Waals surface area contributed by atoms with Crippen molar-refractivity contribution >= 4 is 28.9 Å². The highest BCUT2D eigenvalue weighted by molar-refractivity contribution is 6.31. The Kier molecular flexibility index (Phi) is 6.12. The fourth-order valence-electron chi connectivity index (χ4n) is 2.73. The van der Waals surface area contributed by atoms with Gasteiger partial charge in [-0.3, -0.25) is 4.79 Å². The number of benzene rings is 3. The third kappa shape index (κ3) is 4.88. The molecule has 0 saturated heterocycles. The maximum Gasteiger partial charge on any atom is 0.247 e. The quantitative estimate of drug-likeness (QED) is 0.594. The molecule has 5 heteroatoms. The lowest BCUT2D eigenvalue weighted by atomic mass is 10.1. The van der Waals surface area contributed by atoms with Crippen LogP contribution in [0.25, 0.3) is 0 Å². The molecule has 0 aliphatic heterocycles. The molecule has 2 N–H and O–H groups in total. The minimum absolute atomic E-state index is 0.163. The lowest BCUT2D eigenvalue weighted by molar-refractivity contribution is -0.118. The van der Waals surface area contributed by atoms with Crippen molar-refractivity contribution in [1.29, 1.82) is 0 Å². The average Bonchev–Trinajstić information content (AvgIpc) is 2.70. The molecule has 0 fully saturated rings. The molecule has 0 aliphatic rings. The van der Waals surface area contributed by atoms with Gasteiger partial charge in [0, 0.05) is 17.8 Å². The van der Waals surface area contributed by atoms with Crippen molar-refractivity contribution in [2.75, 3.05) is 17.4 Å². The number of halogens is 1. The maximum atomic E-state index is 13.0. The zero-order chi connectivity index (χ0) is 19.2. The summed E-state index contributed by atoms with van der Waals surface area (Å²) in [5.74, 6) is -0.163. The first-order chi connectivity index (χ1) is 13.0. The summed E-state index contributed by atoms with van der Waals surface area (Å²) in [6, 6.07) is 24.4. The minimum Gasteiger partial charge on any atom is -0.324 e. The molecular weight excluding hydrogens is 358 g/mol. The van der Waals surface area contributed by atoms with Gasteiger partial charge < -0.3 is 10.3 Å². The van der Waals surface area contributed by atoms with E-state index in [-0.39, 0.29) is 5.91 Å². The van der Waals surface area contributed by atoms with Gasteiger partial charge in [0.25, 0.3) is 0 Å². The summed E-state index contributed by atoms with van der Waals surface area (Å²) in [6.45, 7) is 1.93. The average molecular weight is 380 g/mol. The number of anilines is 2. The normalized spacial score (nSPS) is 11.7. The van der Waals surface area contributed by atoms with Crippen LogP contribution in [0.5, 0.6) is 0 Å². The van der Waals surface area contributed by atoms with Crippen LogP contribution in [-0.4, -0.2) is 13.0 Å². The number of carbonyl (C=O) groups excluding carboxylic acids is 1. The molecule has 27 heavy (non-hydrogen) atoms. The van der Waals surface area contributed by atoms with Gasteiger partial charge in [0.15, 0.2) is 0 Å². The number of hydrazine groups is 1. The largest absolute Gasteiger partial charge is 0.324 e. The molecule has 0 radical (unpaired) electrons. The first-order valence-electron chi connectivity index (χ1n) is 8.71. The summed E-state index contributed by atoms with van der Waals surface area (Å²) in [7, 11) is 1.89. The fourth-order valence-corrected chi connectivity index (χ4v) is 2.92. The van der Waals surface area contributed by atoms with Crippen LogP contribution in [0.4, 0.5) is 11.4 Å². The van der Waals surface area contributed by atoms with Gasteiger partial charge in [0.2, 0.25) is 5.91 Å². The molecule has 3 aromatic rings. The van der Waals surface area contributed by atoms with Crippen molar-refractivity contribution in [3.63, 3.8) is 0 Å². The van der Waals surface area contributed by atoms with Crippen LogP contribution >= 0.6 is 11.6 Å². The molecule has 0 spiro atoms. The minimum atomic E-state index is -0.559. The molecule has 4 nitrogen and oxygen atoms in total. The summed E-state index contributed by atoms with van der Waals surface area (Å²) in [5.41, 5.74) is 6.75. The van der Waals surface area contributed by atoms with E-state index >= 15 is 0 Å². The number of hydrogen-bond donors (Lipinski definition) is 2. The number of hydrogen-bond acceptors (Lipinski definition) is 3. The Hall–Kier alpha value is -2.82. The van der Waals surface area contributed by atoms with Gasteiger partial charge >= 0.3 is 0 Å². The van der Waals surface area contributed by atoms with Crippen molar-refractivity contribution in [2.45, 2.75) is 13.0 Å². The zero-order valence-corrected chi connectivity index (χ0v) is 16.1. The molecule has 1 atom stereocenters. The summed E-state index contributed by atoms with van der Waals surface area (Å²) in [4.78, 5) is 13.0. The number of rotatable bonds is 6. The Labute approximate surface area is 164 Å². The summed E-state index contributed by atoms with van der Waals surface area (Å²) in [5, 5.41) is 5.42. The topological polar surface area (TPSA) is 44.4 Å². The summed E-state index contributed by atoms with van der Waals surface area (Å²) >= 11 is 6.18. The highest BCUT2D eigenvalue weighted by Crippen LogP contribution is 2.22. The third-order valence-electron chi connectivity index (χ3n) is 4.30. The molecule has 3 aromatic carbocycles. The predicted octanol–water partition coefficient (Wildman–Crippen LogP) is 4.97. The van der Waals surface area contributed by atoms with Crippen LogP contribution in [0.2, 0.25) is 5.02 Å². The van der Waals surface area contributed by atoms with Crippen molar-refractivity contribution < 1.29 is 4.79 Å². The van der Waals surface area contributed by atoms with Gasteiger partial charge in [-0.25, -0.2) is 5.43 Å². The van der Waals surface area contributed by atoms with Crippen LogP contribution < -0.4 is 15.8 Å². The van der Waals surface area contributed by atoms with E-state index in [1.165, 1.54) is 0 Å². The van der Waals surface area contributed by atoms with Crippen molar-refractivity contribution in [3.05, 3.63) is 95.0 Å². The highest BCUT2D eigenvalue weighted by atomic mass is 35.5. The van der Waals surface area contributed by atoms with Gasteiger partial charge in [-0.05, 0) is 42.3 Å². The first kappa shape index (κ1) is 19.0. The van der Waals surface area contributed by atoms with E-state index in [2.05, 4.69) is 10.7 Å². The predicted molar refractivity (Wildman–Crippen MR) is 112 cm³/mol. The molecule has 1 amide bonds. The number of aryl methyl sites for hydroxylation is 1. The SMILES string of the molecule is Cc1ccc(NC(=O)[C@@H](NN(C)c2ccccc2)c2ccccc2)cc1Cl. The second kappa shape index (κ2) is 8.71. The number of nitrogens with zero attached hydrogens (tertiary/aromatic N) is 1. The third-order valence-corrected chi connectivity index (χ3v) is 4.71. The smallest absolute Gasteiger partial charge is 0.247 e. The van der Waals surface area contributed by atoms with Gasteiger partial charge in [-0.15, -0.1) is 0 Å². The van der Waals surface area contributed by atoms with Gasteiger partial charge in [-0.2, -0.15) is 0 Å². The van der Waals surface area contributed by atoms with Crippen LogP contribution in [0.15, 0.2) is 78.9 Å². The number of amides is 1. The maximum absolute atomic E-state index is 13.0. The van der Waals surface area contributed by atoms with Crippen LogP contribution in [0.1, 0.15) is 17.2 Å². The number of para-hydroxylation sites is 1. The van der Waals surface area contributed by atoms with Crippen LogP contribution in [0.3, 0.4) is 0 Å². The van der Waals surface area contributed by atoms with Crippen molar-refractivity contribution in [2.24, 2.45) is 0 Å². The summed E-state index contributed by atoms with van der Waals surface area (Å²) in [6.07, 6.45) is 0. The highest BCUT2D eigenvalue weighted by Gasteiger charge is 2.22. The fraction of sp³-hybridized carbons (Fsp3) is 0.136. The van der Waals surface area contributed by atoms with Gasteiger partial charge in [0.05, 0.1) is 5.69 Å². The van der Waals surface area contributed by atoms with E-state index in [0.717, 1.165) is 16.8 Å². The zero-order valence-electron chi connectivity index (χ0n) is 15.3. The number of carbonyl (C=O) groups is 1. The lowest BCUT2D eigenvalue weighted by Crippen LogP contribution is -2.43. The van der Waals surface area contributed by atoms with E-state index in [9.17, 15) is 4.79 Å². The van der Waals surface area contributed by atoms with Crippen molar-refractivity contribution in [3.8, 4) is 0 Å². The molecule has 3 rings (SSSR count). The molecule has 0 bridgehead atoms. The second-order valence-corrected chi connectivity index (χ2v) is 6.73. The lowest BCUT2D eigenvalue weighted by Gasteiger charge is -2.27.